The molecule has 0 aromatic carbocycles. The second-order valence-corrected chi connectivity index (χ2v) is 8.59. The number of hydrogen-bond acceptors (Lipinski definition) is 1. The highest BCUT2D eigenvalue weighted by Crippen LogP contribution is 2.25. The number of allylic oxidation sites excluding steroid dienone is 2. The molecule has 13 heavy (non-hydrogen) atoms. The first-order valence-corrected chi connectivity index (χ1v) is 7.87. The van der Waals surface area contributed by atoms with Crippen molar-refractivity contribution >= 4 is 8.32 Å². The normalized spacial score (nSPS) is 11.2. The van der Waals surface area contributed by atoms with Crippen LogP contribution in [0.5, 0.6) is 0 Å². The summed E-state index contributed by atoms with van der Waals surface area (Å²) in [5, 5.41) is 0. The van der Waals surface area contributed by atoms with E-state index in [0.717, 1.165) is 5.76 Å². The summed E-state index contributed by atoms with van der Waals surface area (Å²) in [7, 11) is -1.40. The van der Waals surface area contributed by atoms with Crippen LogP contribution in [-0.2, 0) is 4.43 Å². The van der Waals surface area contributed by atoms with Crippen LogP contribution < -0.4 is 0 Å². The van der Waals surface area contributed by atoms with E-state index in [-0.39, 0.29) is 0 Å². The van der Waals surface area contributed by atoms with Gasteiger partial charge in [-0.1, -0.05) is 20.8 Å². The van der Waals surface area contributed by atoms with Gasteiger partial charge >= 0.3 is 0 Å². The molecule has 0 amide bonds. The first-order valence-electron chi connectivity index (χ1n) is 5.34. The third kappa shape index (κ3) is 3.55. The maximum atomic E-state index is 6.17. The molecule has 0 unspecified atom stereocenters. The van der Waals surface area contributed by atoms with Gasteiger partial charge in [-0.2, -0.15) is 0 Å². The Morgan fingerprint density at radius 2 is 1.31 bits per heavy atom. The summed E-state index contributed by atoms with van der Waals surface area (Å²) >= 11 is 0. The Kier molecular flexibility index (Phi) is 5.38. The van der Waals surface area contributed by atoms with Gasteiger partial charge in [-0.15, -0.1) is 0 Å². The topological polar surface area (TPSA) is 9.23 Å². The van der Waals surface area contributed by atoms with Gasteiger partial charge in [0.2, 0.25) is 8.32 Å². The number of rotatable bonds is 5. The molecule has 0 N–H and O–H groups in total. The summed E-state index contributed by atoms with van der Waals surface area (Å²) in [6.07, 6.45) is 0. The summed E-state index contributed by atoms with van der Waals surface area (Å²) in [6.45, 7) is 13.1. The smallest absolute Gasteiger partial charge is 0.250 e. The zero-order valence-corrected chi connectivity index (χ0v) is 11.0. The third-order valence-corrected chi connectivity index (χ3v) is 7.61. The maximum Gasteiger partial charge on any atom is 0.250 e. The lowest BCUT2D eigenvalue weighted by atomic mass is 10.3. The van der Waals surface area contributed by atoms with Gasteiger partial charge in [0.15, 0.2) is 0 Å². The highest BCUT2D eigenvalue weighted by molar-refractivity contribution is 6.73. The number of hydrogen-bond donors (Lipinski definition) is 0. The molecular weight excluding hydrogens is 176 g/mol. The molecule has 0 aromatic rings. The summed E-state index contributed by atoms with van der Waals surface area (Å²) in [6, 6.07) is 3.68. The Balaban J connectivity index is 4.52. The van der Waals surface area contributed by atoms with E-state index < -0.39 is 8.32 Å². The average molecular weight is 200 g/mol. The van der Waals surface area contributed by atoms with E-state index in [1.54, 1.807) is 0 Å². The minimum atomic E-state index is -1.40. The molecular formula is C11H24OSi. The standard InChI is InChI=1S/C11H24OSi/c1-7-13(8-2,9-3)12-11(6)10(4)5/h7-9H2,1-6H3. The fourth-order valence-corrected chi connectivity index (χ4v) is 4.18. The quantitative estimate of drug-likeness (QED) is 0.474. The van der Waals surface area contributed by atoms with Crippen LogP contribution in [0, 0.1) is 0 Å². The Morgan fingerprint density at radius 1 is 0.923 bits per heavy atom. The highest BCUT2D eigenvalue weighted by Gasteiger charge is 2.30. The molecule has 1 nitrogen and oxygen atoms in total. The van der Waals surface area contributed by atoms with Crippen molar-refractivity contribution in [1.82, 2.24) is 0 Å². The van der Waals surface area contributed by atoms with Gasteiger partial charge in [0.05, 0.1) is 5.76 Å². The van der Waals surface area contributed by atoms with Gasteiger partial charge in [-0.3, -0.25) is 0 Å². The van der Waals surface area contributed by atoms with Gasteiger partial charge in [0.25, 0.3) is 0 Å². The molecule has 0 atom stereocenters. The van der Waals surface area contributed by atoms with Gasteiger partial charge in [-0.25, -0.2) is 0 Å². The van der Waals surface area contributed by atoms with Gasteiger partial charge < -0.3 is 4.43 Å². The molecule has 0 spiro atoms. The summed E-state index contributed by atoms with van der Waals surface area (Å²) in [4.78, 5) is 0. The molecule has 0 rings (SSSR count). The minimum absolute atomic E-state index is 1.15. The molecule has 78 valence electrons. The molecule has 0 bridgehead atoms. The van der Waals surface area contributed by atoms with E-state index in [1.807, 2.05) is 0 Å². The SMILES string of the molecule is CC[Si](CC)(CC)OC(C)=C(C)C. The van der Waals surface area contributed by atoms with Crippen molar-refractivity contribution in [2.24, 2.45) is 0 Å². The van der Waals surface area contributed by atoms with Crippen LogP contribution in [0.15, 0.2) is 11.3 Å². The fourth-order valence-electron chi connectivity index (χ4n) is 1.39. The first kappa shape index (κ1) is 12.8. The van der Waals surface area contributed by atoms with Crippen LogP contribution >= 0.6 is 0 Å². The van der Waals surface area contributed by atoms with E-state index in [9.17, 15) is 0 Å². The fraction of sp³-hybridized carbons (Fsp3) is 0.818. The van der Waals surface area contributed by atoms with E-state index in [2.05, 4.69) is 41.5 Å². The van der Waals surface area contributed by atoms with Crippen molar-refractivity contribution in [2.75, 3.05) is 0 Å². The molecule has 0 saturated carbocycles. The Hall–Kier alpha value is -0.243. The summed E-state index contributed by atoms with van der Waals surface area (Å²) in [5.41, 5.74) is 1.31. The summed E-state index contributed by atoms with van der Waals surface area (Å²) < 4.78 is 6.17. The molecule has 0 fully saturated rings. The van der Waals surface area contributed by atoms with Crippen LogP contribution in [-0.4, -0.2) is 8.32 Å². The lowest BCUT2D eigenvalue weighted by Crippen LogP contribution is -2.35. The zero-order chi connectivity index (χ0) is 10.5. The highest BCUT2D eigenvalue weighted by atomic mass is 28.4. The van der Waals surface area contributed by atoms with Crippen molar-refractivity contribution in [3.63, 3.8) is 0 Å². The van der Waals surface area contributed by atoms with Gasteiger partial charge in [0, 0.05) is 0 Å². The largest absolute Gasteiger partial charge is 0.547 e. The Morgan fingerprint density at radius 3 is 1.54 bits per heavy atom. The molecule has 0 saturated heterocycles. The molecule has 0 aromatic heterocycles. The van der Waals surface area contributed by atoms with Gasteiger partial charge in [-0.05, 0) is 44.5 Å². The second kappa shape index (κ2) is 5.48. The van der Waals surface area contributed by atoms with Crippen LogP contribution in [0.4, 0.5) is 0 Å². The van der Waals surface area contributed by atoms with Crippen molar-refractivity contribution in [1.29, 1.82) is 0 Å². The van der Waals surface area contributed by atoms with Crippen LogP contribution in [0.1, 0.15) is 41.5 Å². The molecule has 0 heterocycles. The molecule has 2 heteroatoms. The first-order chi connectivity index (χ1) is 6.01. The lowest BCUT2D eigenvalue weighted by Gasteiger charge is -2.29. The van der Waals surface area contributed by atoms with E-state index in [0.29, 0.717) is 0 Å². The zero-order valence-electron chi connectivity index (χ0n) is 10.0. The Labute approximate surface area is 84.3 Å². The van der Waals surface area contributed by atoms with Crippen molar-refractivity contribution in [3.8, 4) is 0 Å². The molecule has 0 aliphatic rings. The predicted molar refractivity (Wildman–Crippen MR) is 62.3 cm³/mol. The predicted octanol–water partition coefficient (Wildman–Crippen LogP) is 4.32. The molecule has 0 aliphatic heterocycles. The van der Waals surface area contributed by atoms with Crippen LogP contribution in [0.2, 0.25) is 18.1 Å². The van der Waals surface area contributed by atoms with Crippen LogP contribution in [0.25, 0.3) is 0 Å². The third-order valence-electron chi connectivity index (χ3n) is 3.01. The van der Waals surface area contributed by atoms with Crippen molar-refractivity contribution in [3.05, 3.63) is 11.3 Å². The van der Waals surface area contributed by atoms with Crippen LogP contribution in [0.3, 0.4) is 0 Å². The Bertz CT molecular complexity index is 168. The molecule has 0 aliphatic carbocycles. The molecule has 0 radical (unpaired) electrons. The lowest BCUT2D eigenvalue weighted by molar-refractivity contribution is 0.400. The van der Waals surface area contributed by atoms with Gasteiger partial charge in [0.1, 0.15) is 0 Å². The van der Waals surface area contributed by atoms with E-state index in [4.69, 9.17) is 4.43 Å². The monoisotopic (exact) mass is 200 g/mol. The summed E-state index contributed by atoms with van der Waals surface area (Å²) in [5.74, 6) is 1.15. The average Bonchev–Trinajstić information content (AvgIpc) is 2.14. The maximum absolute atomic E-state index is 6.17. The van der Waals surface area contributed by atoms with Crippen molar-refractivity contribution < 1.29 is 4.43 Å². The van der Waals surface area contributed by atoms with E-state index in [1.165, 1.54) is 23.7 Å². The second-order valence-electron chi connectivity index (χ2n) is 3.90. The van der Waals surface area contributed by atoms with E-state index >= 15 is 0 Å². The van der Waals surface area contributed by atoms with Crippen molar-refractivity contribution in [2.45, 2.75) is 59.7 Å². The minimum Gasteiger partial charge on any atom is -0.547 e.